The second-order valence-electron chi connectivity index (χ2n) is 4.33. The van der Waals surface area contributed by atoms with Gasteiger partial charge in [0, 0.05) is 19.1 Å². The maximum Gasteiger partial charge on any atom is 0.243 e. The molecular formula is C14H23NO2. The van der Waals surface area contributed by atoms with Gasteiger partial charge in [-0.2, -0.15) is 0 Å². The molecule has 0 radical (unpaired) electrons. The predicted molar refractivity (Wildman–Crippen MR) is 69.7 cm³/mol. The summed E-state index contributed by atoms with van der Waals surface area (Å²) in [6.07, 6.45) is 11.9. The van der Waals surface area contributed by atoms with Gasteiger partial charge in [0.15, 0.2) is 0 Å². The standard InChI is InChI=1S/C14H23NO2/c1-2-3-4-5-6-7-8-14(16)15-11-13-9-10-17-12-13/h3-4,7-8,13H,2,5-6,9-12H2,1H3,(H,15,16)/b4-3-,8-7+. The van der Waals surface area contributed by atoms with Gasteiger partial charge in [-0.05, 0) is 31.8 Å². The van der Waals surface area contributed by atoms with Crippen LogP contribution in [-0.4, -0.2) is 25.7 Å². The summed E-state index contributed by atoms with van der Waals surface area (Å²) in [5.74, 6) is 0.510. The van der Waals surface area contributed by atoms with E-state index in [1.54, 1.807) is 6.08 Å². The summed E-state index contributed by atoms with van der Waals surface area (Å²) < 4.78 is 5.25. The van der Waals surface area contributed by atoms with E-state index < -0.39 is 0 Å². The van der Waals surface area contributed by atoms with E-state index in [4.69, 9.17) is 4.74 Å². The van der Waals surface area contributed by atoms with Crippen molar-refractivity contribution in [2.45, 2.75) is 32.6 Å². The highest BCUT2D eigenvalue weighted by molar-refractivity contribution is 5.87. The lowest BCUT2D eigenvalue weighted by Gasteiger charge is -2.06. The molecular weight excluding hydrogens is 214 g/mol. The maximum absolute atomic E-state index is 11.4. The second kappa shape index (κ2) is 8.99. The van der Waals surface area contributed by atoms with Gasteiger partial charge in [-0.25, -0.2) is 0 Å². The SMILES string of the molecule is CC/C=C\CC/C=C/C(=O)NCC1CCOC1. The first-order valence-electron chi connectivity index (χ1n) is 6.50. The van der Waals surface area contributed by atoms with Crippen molar-refractivity contribution >= 4 is 5.91 Å². The minimum absolute atomic E-state index is 0.0105. The molecule has 1 fully saturated rings. The quantitative estimate of drug-likeness (QED) is 0.419. The summed E-state index contributed by atoms with van der Waals surface area (Å²) in [5, 5.41) is 2.90. The maximum atomic E-state index is 11.4. The minimum atomic E-state index is 0.0105. The molecule has 3 heteroatoms. The van der Waals surface area contributed by atoms with Crippen molar-refractivity contribution in [3.63, 3.8) is 0 Å². The van der Waals surface area contributed by atoms with Crippen molar-refractivity contribution in [1.29, 1.82) is 0 Å². The second-order valence-corrected chi connectivity index (χ2v) is 4.33. The van der Waals surface area contributed by atoms with Crippen molar-refractivity contribution in [1.82, 2.24) is 5.32 Å². The highest BCUT2D eigenvalue weighted by atomic mass is 16.5. The van der Waals surface area contributed by atoms with E-state index in [0.29, 0.717) is 5.92 Å². The van der Waals surface area contributed by atoms with E-state index >= 15 is 0 Å². The van der Waals surface area contributed by atoms with E-state index in [1.807, 2.05) is 6.08 Å². The molecule has 3 nitrogen and oxygen atoms in total. The molecule has 0 aromatic heterocycles. The van der Waals surface area contributed by atoms with Gasteiger partial charge in [0.25, 0.3) is 0 Å². The first-order chi connectivity index (χ1) is 8.33. The first kappa shape index (κ1) is 14.0. The van der Waals surface area contributed by atoms with Crippen molar-refractivity contribution in [3.8, 4) is 0 Å². The molecule has 1 aliphatic heterocycles. The lowest BCUT2D eigenvalue weighted by molar-refractivity contribution is -0.116. The Morgan fingerprint density at radius 3 is 2.88 bits per heavy atom. The monoisotopic (exact) mass is 237 g/mol. The molecule has 0 aromatic rings. The molecule has 0 spiro atoms. The van der Waals surface area contributed by atoms with E-state index in [-0.39, 0.29) is 5.91 Å². The molecule has 0 bridgehead atoms. The lowest BCUT2D eigenvalue weighted by Crippen LogP contribution is -2.27. The summed E-state index contributed by atoms with van der Waals surface area (Å²) >= 11 is 0. The van der Waals surface area contributed by atoms with Crippen LogP contribution in [0.1, 0.15) is 32.6 Å². The van der Waals surface area contributed by atoms with Crippen LogP contribution in [0.25, 0.3) is 0 Å². The number of ether oxygens (including phenoxy) is 1. The van der Waals surface area contributed by atoms with Crippen LogP contribution in [0, 0.1) is 5.92 Å². The summed E-state index contributed by atoms with van der Waals surface area (Å²) in [5.41, 5.74) is 0. The molecule has 0 aromatic carbocycles. The summed E-state index contributed by atoms with van der Waals surface area (Å²) in [7, 11) is 0. The zero-order chi connectivity index (χ0) is 12.3. The molecule has 0 aliphatic carbocycles. The fraction of sp³-hybridized carbons (Fsp3) is 0.643. The number of allylic oxidation sites excluding steroid dienone is 3. The Morgan fingerprint density at radius 1 is 1.35 bits per heavy atom. The van der Waals surface area contributed by atoms with Crippen molar-refractivity contribution < 1.29 is 9.53 Å². The number of carbonyl (C=O) groups is 1. The van der Waals surface area contributed by atoms with Crippen LogP contribution in [-0.2, 0) is 9.53 Å². The molecule has 1 saturated heterocycles. The Bertz CT molecular complexity index is 265. The molecule has 1 N–H and O–H groups in total. The van der Waals surface area contributed by atoms with E-state index in [9.17, 15) is 4.79 Å². The van der Waals surface area contributed by atoms with Crippen molar-refractivity contribution in [2.24, 2.45) is 5.92 Å². The third kappa shape index (κ3) is 6.95. The fourth-order valence-electron chi connectivity index (χ4n) is 1.72. The van der Waals surface area contributed by atoms with Gasteiger partial charge in [-0.15, -0.1) is 0 Å². The Balaban J connectivity index is 2.03. The fourth-order valence-corrected chi connectivity index (χ4v) is 1.72. The van der Waals surface area contributed by atoms with Gasteiger partial charge in [-0.3, -0.25) is 4.79 Å². The van der Waals surface area contributed by atoms with E-state index in [2.05, 4.69) is 24.4 Å². The largest absolute Gasteiger partial charge is 0.381 e. The number of nitrogens with one attached hydrogen (secondary N) is 1. The average Bonchev–Trinajstić information content (AvgIpc) is 2.84. The summed E-state index contributed by atoms with van der Waals surface area (Å²) in [6, 6.07) is 0. The lowest BCUT2D eigenvalue weighted by atomic mass is 10.1. The molecule has 96 valence electrons. The highest BCUT2D eigenvalue weighted by Gasteiger charge is 2.15. The number of unbranched alkanes of at least 4 members (excludes halogenated alkanes) is 1. The van der Waals surface area contributed by atoms with Crippen LogP contribution in [0.4, 0.5) is 0 Å². The molecule has 1 aliphatic rings. The molecule has 1 heterocycles. The van der Waals surface area contributed by atoms with Gasteiger partial charge in [0.1, 0.15) is 0 Å². The van der Waals surface area contributed by atoms with E-state index in [1.165, 1.54) is 0 Å². The number of rotatable bonds is 7. The Hall–Kier alpha value is -1.09. The summed E-state index contributed by atoms with van der Waals surface area (Å²) in [4.78, 5) is 11.4. The van der Waals surface area contributed by atoms with Crippen molar-refractivity contribution in [3.05, 3.63) is 24.3 Å². The van der Waals surface area contributed by atoms with Gasteiger partial charge < -0.3 is 10.1 Å². The van der Waals surface area contributed by atoms with Crippen LogP contribution < -0.4 is 5.32 Å². The van der Waals surface area contributed by atoms with Crippen LogP contribution in [0.15, 0.2) is 24.3 Å². The zero-order valence-corrected chi connectivity index (χ0v) is 10.7. The number of hydrogen-bond donors (Lipinski definition) is 1. The molecule has 17 heavy (non-hydrogen) atoms. The zero-order valence-electron chi connectivity index (χ0n) is 10.7. The minimum Gasteiger partial charge on any atom is -0.381 e. The topological polar surface area (TPSA) is 38.3 Å². The summed E-state index contributed by atoms with van der Waals surface area (Å²) in [6.45, 7) is 4.47. The van der Waals surface area contributed by atoms with Crippen LogP contribution in [0.5, 0.6) is 0 Å². The molecule has 1 amide bonds. The molecule has 1 unspecified atom stereocenters. The van der Waals surface area contributed by atoms with Gasteiger partial charge in [0.05, 0.1) is 6.61 Å². The highest BCUT2D eigenvalue weighted by Crippen LogP contribution is 2.10. The molecule has 1 rings (SSSR count). The average molecular weight is 237 g/mol. The first-order valence-corrected chi connectivity index (χ1v) is 6.50. The van der Waals surface area contributed by atoms with Crippen LogP contribution in [0.2, 0.25) is 0 Å². The van der Waals surface area contributed by atoms with Crippen LogP contribution >= 0.6 is 0 Å². The van der Waals surface area contributed by atoms with Gasteiger partial charge >= 0.3 is 0 Å². The third-order valence-electron chi connectivity index (χ3n) is 2.76. The van der Waals surface area contributed by atoms with Gasteiger partial charge in [0.2, 0.25) is 5.91 Å². The normalized spacial score (nSPS) is 20.4. The van der Waals surface area contributed by atoms with Gasteiger partial charge in [-0.1, -0.05) is 25.2 Å². The molecule has 1 atom stereocenters. The Labute approximate surface area is 104 Å². The van der Waals surface area contributed by atoms with Crippen LogP contribution in [0.3, 0.4) is 0 Å². The third-order valence-corrected chi connectivity index (χ3v) is 2.76. The number of carbonyl (C=O) groups excluding carboxylic acids is 1. The number of hydrogen-bond acceptors (Lipinski definition) is 2. The van der Waals surface area contributed by atoms with E-state index in [0.717, 1.165) is 45.4 Å². The number of amides is 1. The Morgan fingerprint density at radius 2 is 2.18 bits per heavy atom. The van der Waals surface area contributed by atoms with Crippen molar-refractivity contribution in [2.75, 3.05) is 19.8 Å². The predicted octanol–water partition coefficient (Wildman–Crippen LogP) is 2.44. The Kier molecular flexibility index (Phi) is 7.39. The smallest absolute Gasteiger partial charge is 0.243 e. The molecule has 0 saturated carbocycles.